The number of hydrogen-bond donors (Lipinski definition) is 2. The Hall–Kier alpha value is -1.43. The zero-order chi connectivity index (χ0) is 14.8. The van der Waals surface area contributed by atoms with Gasteiger partial charge in [-0.05, 0) is 26.0 Å². The van der Waals surface area contributed by atoms with Gasteiger partial charge in [0.2, 0.25) is 0 Å². The van der Waals surface area contributed by atoms with Crippen molar-refractivity contribution in [2.24, 2.45) is 5.73 Å². The van der Waals surface area contributed by atoms with Crippen LogP contribution in [0.3, 0.4) is 0 Å². The molecular weight excluding hydrogens is 294 g/mol. The maximum atomic E-state index is 12.1. The van der Waals surface area contributed by atoms with Crippen molar-refractivity contribution >= 4 is 28.8 Å². The summed E-state index contributed by atoms with van der Waals surface area (Å²) < 4.78 is 0. The third-order valence-corrected chi connectivity index (χ3v) is 3.90. The molecule has 2 aromatic rings. The average molecular weight is 310 g/mol. The van der Waals surface area contributed by atoms with Gasteiger partial charge in [-0.3, -0.25) is 4.79 Å². The Morgan fingerprint density at radius 3 is 2.90 bits per heavy atom. The van der Waals surface area contributed by atoms with Crippen molar-refractivity contribution in [1.29, 1.82) is 0 Å². The number of halogens is 1. The van der Waals surface area contributed by atoms with Crippen LogP contribution in [-0.2, 0) is 0 Å². The number of rotatable bonds is 4. The molecule has 3 N–H and O–H groups in total. The second-order valence-corrected chi connectivity index (χ2v) is 6.38. The van der Waals surface area contributed by atoms with Gasteiger partial charge in [-0.15, -0.1) is 11.3 Å². The maximum absolute atomic E-state index is 12.1. The lowest BCUT2D eigenvalue weighted by atomic mass is 10.1. The molecule has 0 aliphatic rings. The number of benzene rings is 1. The largest absolute Gasteiger partial charge is 0.345 e. The smallest absolute Gasteiger partial charge is 0.271 e. The first-order chi connectivity index (χ1) is 9.41. The molecule has 4 nitrogen and oxygen atoms in total. The first-order valence-corrected chi connectivity index (χ1v) is 7.41. The van der Waals surface area contributed by atoms with Crippen LogP contribution >= 0.6 is 22.9 Å². The van der Waals surface area contributed by atoms with E-state index in [1.165, 1.54) is 11.3 Å². The van der Waals surface area contributed by atoms with E-state index in [0.717, 1.165) is 10.6 Å². The second-order valence-electron chi connectivity index (χ2n) is 5.09. The van der Waals surface area contributed by atoms with E-state index in [0.29, 0.717) is 17.3 Å². The molecule has 6 heteroatoms. The number of carbonyl (C=O) groups is 1. The van der Waals surface area contributed by atoms with Crippen molar-refractivity contribution in [3.8, 4) is 10.6 Å². The number of aromatic nitrogens is 1. The molecule has 1 heterocycles. The molecule has 106 valence electrons. The fraction of sp³-hybridized carbons (Fsp3) is 0.286. The Morgan fingerprint density at radius 2 is 2.25 bits per heavy atom. The Morgan fingerprint density at radius 1 is 1.50 bits per heavy atom. The third-order valence-electron chi connectivity index (χ3n) is 2.77. The minimum absolute atomic E-state index is 0.218. The Balaban J connectivity index is 2.19. The fourth-order valence-electron chi connectivity index (χ4n) is 1.55. The van der Waals surface area contributed by atoms with Gasteiger partial charge in [0, 0.05) is 28.0 Å². The van der Waals surface area contributed by atoms with E-state index < -0.39 is 5.54 Å². The zero-order valence-corrected chi connectivity index (χ0v) is 12.9. The van der Waals surface area contributed by atoms with E-state index in [-0.39, 0.29) is 5.91 Å². The number of nitrogens with one attached hydrogen (secondary N) is 1. The number of thiazole rings is 1. The Kier molecular flexibility index (Phi) is 4.42. The molecule has 1 amide bonds. The minimum atomic E-state index is -0.448. The number of carbonyl (C=O) groups excluding carboxylic acids is 1. The predicted octanol–water partition coefficient (Wildman–Crippen LogP) is 2.93. The molecule has 0 saturated heterocycles. The second kappa shape index (κ2) is 5.91. The summed E-state index contributed by atoms with van der Waals surface area (Å²) in [4.78, 5) is 16.4. The molecule has 20 heavy (non-hydrogen) atoms. The van der Waals surface area contributed by atoms with Gasteiger partial charge in [-0.1, -0.05) is 23.7 Å². The van der Waals surface area contributed by atoms with Gasteiger partial charge in [0.25, 0.3) is 5.91 Å². The monoisotopic (exact) mass is 309 g/mol. The van der Waals surface area contributed by atoms with Gasteiger partial charge >= 0.3 is 0 Å². The highest BCUT2D eigenvalue weighted by atomic mass is 35.5. The maximum Gasteiger partial charge on any atom is 0.271 e. The Bertz CT molecular complexity index is 624. The van der Waals surface area contributed by atoms with Gasteiger partial charge in [0.15, 0.2) is 0 Å². The minimum Gasteiger partial charge on any atom is -0.345 e. The van der Waals surface area contributed by atoms with E-state index in [1.807, 2.05) is 32.0 Å². The molecule has 0 radical (unpaired) electrons. The number of nitrogens with zero attached hydrogens (tertiary/aromatic N) is 1. The van der Waals surface area contributed by atoms with Crippen molar-refractivity contribution in [3.63, 3.8) is 0 Å². The molecule has 0 bridgehead atoms. The van der Waals surface area contributed by atoms with Crippen LogP contribution in [0.15, 0.2) is 29.6 Å². The highest BCUT2D eigenvalue weighted by Crippen LogP contribution is 2.26. The molecule has 0 aliphatic carbocycles. The van der Waals surface area contributed by atoms with Crippen molar-refractivity contribution < 1.29 is 4.79 Å². The molecule has 0 aliphatic heterocycles. The van der Waals surface area contributed by atoms with E-state index in [2.05, 4.69) is 10.3 Å². The lowest BCUT2D eigenvalue weighted by molar-refractivity contribution is 0.0911. The van der Waals surface area contributed by atoms with Crippen LogP contribution in [0.2, 0.25) is 5.02 Å². The third kappa shape index (κ3) is 3.56. The molecule has 0 fully saturated rings. The molecular formula is C14H16ClN3OS. The predicted molar refractivity (Wildman–Crippen MR) is 83.2 cm³/mol. The van der Waals surface area contributed by atoms with E-state index in [9.17, 15) is 4.79 Å². The summed E-state index contributed by atoms with van der Waals surface area (Å²) in [7, 11) is 0. The van der Waals surface area contributed by atoms with Gasteiger partial charge < -0.3 is 11.1 Å². The van der Waals surface area contributed by atoms with E-state index in [1.54, 1.807) is 11.4 Å². The van der Waals surface area contributed by atoms with Gasteiger partial charge in [-0.25, -0.2) is 4.98 Å². The lowest BCUT2D eigenvalue weighted by Gasteiger charge is -2.23. The van der Waals surface area contributed by atoms with Crippen LogP contribution in [0, 0.1) is 0 Å². The molecule has 0 atom stereocenters. The summed E-state index contributed by atoms with van der Waals surface area (Å²) in [6, 6.07) is 7.40. The fourth-order valence-corrected chi connectivity index (χ4v) is 2.54. The molecule has 1 aromatic heterocycles. The summed E-state index contributed by atoms with van der Waals surface area (Å²) >= 11 is 7.37. The number of hydrogen-bond acceptors (Lipinski definition) is 4. The SMILES string of the molecule is CC(C)(CN)NC(=O)c1csc(-c2cccc(Cl)c2)n1. The Labute approximate surface area is 127 Å². The molecule has 0 unspecified atom stereocenters. The van der Waals surface area contributed by atoms with Gasteiger partial charge in [-0.2, -0.15) is 0 Å². The average Bonchev–Trinajstić information content (AvgIpc) is 2.88. The number of nitrogens with two attached hydrogens (primary N) is 1. The van der Waals surface area contributed by atoms with Crippen molar-refractivity contribution in [2.45, 2.75) is 19.4 Å². The molecule has 1 aromatic carbocycles. The van der Waals surface area contributed by atoms with Crippen LogP contribution in [0.4, 0.5) is 0 Å². The van der Waals surface area contributed by atoms with Gasteiger partial charge in [0.05, 0.1) is 0 Å². The molecule has 0 saturated carbocycles. The van der Waals surface area contributed by atoms with Crippen LogP contribution < -0.4 is 11.1 Å². The van der Waals surface area contributed by atoms with Crippen molar-refractivity contribution in [1.82, 2.24) is 10.3 Å². The molecule has 0 spiro atoms. The summed E-state index contributed by atoms with van der Waals surface area (Å²) in [5.74, 6) is -0.218. The number of amides is 1. The van der Waals surface area contributed by atoms with Crippen molar-refractivity contribution in [2.75, 3.05) is 6.54 Å². The first kappa shape index (κ1) is 15.0. The first-order valence-electron chi connectivity index (χ1n) is 6.15. The highest BCUT2D eigenvalue weighted by molar-refractivity contribution is 7.13. The molecule has 2 rings (SSSR count). The normalized spacial score (nSPS) is 11.4. The summed E-state index contributed by atoms with van der Waals surface area (Å²) in [5, 5.41) is 6.00. The standard InChI is InChI=1S/C14H16ClN3OS/c1-14(2,8-16)18-12(19)11-7-20-13(17-11)9-4-3-5-10(15)6-9/h3-7H,8,16H2,1-2H3,(H,18,19). The topological polar surface area (TPSA) is 68.0 Å². The quantitative estimate of drug-likeness (QED) is 0.912. The highest BCUT2D eigenvalue weighted by Gasteiger charge is 2.21. The van der Waals surface area contributed by atoms with Gasteiger partial charge in [0.1, 0.15) is 10.7 Å². The van der Waals surface area contributed by atoms with Crippen LogP contribution in [0.5, 0.6) is 0 Å². The summed E-state index contributed by atoms with van der Waals surface area (Å²) in [6.07, 6.45) is 0. The zero-order valence-electron chi connectivity index (χ0n) is 11.3. The van der Waals surface area contributed by atoms with Crippen molar-refractivity contribution in [3.05, 3.63) is 40.4 Å². The summed E-state index contributed by atoms with van der Waals surface area (Å²) in [5.41, 5.74) is 6.45. The summed E-state index contributed by atoms with van der Waals surface area (Å²) in [6.45, 7) is 4.11. The van der Waals surface area contributed by atoms with E-state index >= 15 is 0 Å². The van der Waals surface area contributed by atoms with Crippen LogP contribution in [0.1, 0.15) is 24.3 Å². The lowest BCUT2D eigenvalue weighted by Crippen LogP contribution is -2.48. The van der Waals surface area contributed by atoms with E-state index in [4.69, 9.17) is 17.3 Å². The van der Waals surface area contributed by atoms with Crippen LogP contribution in [0.25, 0.3) is 10.6 Å². The van der Waals surface area contributed by atoms with Crippen LogP contribution in [-0.4, -0.2) is 23.0 Å².